The molecule has 0 aliphatic carbocycles. The van der Waals surface area contributed by atoms with Gasteiger partial charge >= 0.3 is 0 Å². The van der Waals surface area contributed by atoms with Gasteiger partial charge in [0.15, 0.2) is 11.6 Å². The van der Waals surface area contributed by atoms with Crippen LogP contribution in [0, 0.1) is 0 Å². The Kier molecular flexibility index (Phi) is 5.60. The van der Waals surface area contributed by atoms with Crippen LogP contribution in [0.1, 0.15) is 66.2 Å². The maximum atomic E-state index is 12.1. The van der Waals surface area contributed by atoms with Crippen molar-refractivity contribution in [3.63, 3.8) is 0 Å². The Bertz CT molecular complexity index is 248. The van der Waals surface area contributed by atoms with Gasteiger partial charge in [-0.3, -0.25) is 4.79 Å². The van der Waals surface area contributed by atoms with E-state index in [1.807, 2.05) is 13.8 Å². The van der Waals surface area contributed by atoms with Crippen molar-refractivity contribution in [2.24, 2.45) is 0 Å². The van der Waals surface area contributed by atoms with Crippen molar-refractivity contribution in [2.45, 2.75) is 84.2 Å². The van der Waals surface area contributed by atoms with Crippen LogP contribution < -0.4 is 0 Å². The molecule has 1 rings (SSSR count). The highest BCUT2D eigenvalue weighted by Gasteiger charge is 2.43. The van der Waals surface area contributed by atoms with Crippen LogP contribution in [-0.4, -0.2) is 23.8 Å². The van der Waals surface area contributed by atoms with Crippen molar-refractivity contribution >= 4 is 5.78 Å². The van der Waals surface area contributed by atoms with Crippen LogP contribution in [0.4, 0.5) is 0 Å². The second-order valence-corrected chi connectivity index (χ2v) is 5.31. The average molecular weight is 242 g/mol. The lowest BCUT2D eigenvalue weighted by atomic mass is 10.0. The second-order valence-electron chi connectivity index (χ2n) is 5.31. The topological polar surface area (TPSA) is 35.5 Å². The molecule has 1 aliphatic heterocycles. The highest BCUT2D eigenvalue weighted by atomic mass is 16.8. The lowest BCUT2D eigenvalue weighted by molar-refractivity contribution is -0.155. The minimum atomic E-state index is -0.606. The molecule has 0 aromatic rings. The van der Waals surface area contributed by atoms with Gasteiger partial charge < -0.3 is 9.47 Å². The molecule has 0 spiro atoms. The third kappa shape index (κ3) is 4.40. The van der Waals surface area contributed by atoms with Crippen LogP contribution in [0.15, 0.2) is 0 Å². The first-order valence-corrected chi connectivity index (χ1v) is 6.88. The first-order valence-electron chi connectivity index (χ1n) is 6.88. The van der Waals surface area contributed by atoms with Gasteiger partial charge in [0.05, 0.1) is 6.10 Å². The van der Waals surface area contributed by atoms with Crippen LogP contribution in [0.5, 0.6) is 0 Å². The van der Waals surface area contributed by atoms with Gasteiger partial charge in [0.1, 0.15) is 6.10 Å². The summed E-state index contributed by atoms with van der Waals surface area (Å²) in [5.41, 5.74) is 0. The van der Waals surface area contributed by atoms with Crippen molar-refractivity contribution in [1.29, 1.82) is 0 Å². The predicted molar refractivity (Wildman–Crippen MR) is 67.9 cm³/mol. The Morgan fingerprint density at radius 2 is 1.76 bits per heavy atom. The molecule has 1 saturated heterocycles. The van der Waals surface area contributed by atoms with Crippen LogP contribution in [0.25, 0.3) is 0 Å². The lowest BCUT2D eigenvalue weighted by Gasteiger charge is -2.16. The molecule has 1 fully saturated rings. The third-order valence-electron chi connectivity index (χ3n) is 3.12. The van der Waals surface area contributed by atoms with Gasteiger partial charge in [-0.15, -0.1) is 0 Å². The van der Waals surface area contributed by atoms with E-state index in [9.17, 15) is 4.79 Å². The Morgan fingerprint density at radius 3 is 2.35 bits per heavy atom. The molecular formula is C14H26O3. The van der Waals surface area contributed by atoms with Gasteiger partial charge in [-0.2, -0.15) is 0 Å². The first kappa shape index (κ1) is 14.7. The second kappa shape index (κ2) is 6.50. The molecule has 2 atom stereocenters. The fourth-order valence-electron chi connectivity index (χ4n) is 2.22. The van der Waals surface area contributed by atoms with Gasteiger partial charge in [0.2, 0.25) is 0 Å². The standard InChI is InChI=1S/C14H26O3/c1-5-7-9-11(15)13-12(10-8-6-2)16-14(3,4)17-13/h12-13H,5-10H2,1-4H3/t12-,13-/m1/s1. The van der Waals surface area contributed by atoms with E-state index in [2.05, 4.69) is 13.8 Å². The predicted octanol–water partition coefficient (Wildman–Crippen LogP) is 3.46. The molecule has 0 N–H and O–H groups in total. The van der Waals surface area contributed by atoms with Crippen molar-refractivity contribution in [2.75, 3.05) is 0 Å². The quantitative estimate of drug-likeness (QED) is 0.686. The zero-order chi connectivity index (χ0) is 12.9. The van der Waals surface area contributed by atoms with Gasteiger partial charge in [-0.05, 0) is 26.7 Å². The molecule has 0 saturated carbocycles. The molecule has 1 aliphatic rings. The molecule has 3 nitrogen and oxygen atoms in total. The van der Waals surface area contributed by atoms with Crippen molar-refractivity contribution in [1.82, 2.24) is 0 Å². The zero-order valence-electron chi connectivity index (χ0n) is 11.6. The van der Waals surface area contributed by atoms with Crippen LogP contribution >= 0.6 is 0 Å². The summed E-state index contributed by atoms with van der Waals surface area (Å²) < 4.78 is 11.6. The molecule has 0 radical (unpaired) electrons. The maximum Gasteiger partial charge on any atom is 0.164 e. The van der Waals surface area contributed by atoms with Crippen LogP contribution in [0.2, 0.25) is 0 Å². The molecule has 100 valence electrons. The van der Waals surface area contributed by atoms with Crippen LogP contribution in [0.3, 0.4) is 0 Å². The number of Topliss-reactive ketones (excluding diaryl/α,β-unsaturated/α-hetero) is 1. The normalized spacial score (nSPS) is 27.3. The largest absolute Gasteiger partial charge is 0.344 e. The molecule has 3 heteroatoms. The summed E-state index contributed by atoms with van der Waals surface area (Å²) in [5.74, 6) is -0.399. The number of carbonyl (C=O) groups is 1. The van der Waals surface area contributed by atoms with E-state index in [4.69, 9.17) is 9.47 Å². The average Bonchev–Trinajstić information content (AvgIpc) is 2.58. The number of hydrogen-bond donors (Lipinski definition) is 0. The molecule has 17 heavy (non-hydrogen) atoms. The van der Waals surface area contributed by atoms with E-state index in [0.717, 1.165) is 32.1 Å². The smallest absolute Gasteiger partial charge is 0.164 e. The number of ether oxygens (including phenoxy) is 2. The van der Waals surface area contributed by atoms with E-state index in [0.29, 0.717) is 6.42 Å². The monoisotopic (exact) mass is 242 g/mol. The summed E-state index contributed by atoms with van der Waals surface area (Å²) >= 11 is 0. The fourth-order valence-corrected chi connectivity index (χ4v) is 2.22. The Hall–Kier alpha value is -0.410. The molecule has 1 heterocycles. The number of hydrogen-bond acceptors (Lipinski definition) is 3. The van der Waals surface area contributed by atoms with Gasteiger partial charge in [0, 0.05) is 6.42 Å². The maximum absolute atomic E-state index is 12.1. The van der Waals surface area contributed by atoms with E-state index >= 15 is 0 Å². The minimum Gasteiger partial charge on any atom is -0.344 e. The Morgan fingerprint density at radius 1 is 1.12 bits per heavy atom. The summed E-state index contributed by atoms with van der Waals surface area (Å²) in [6.07, 6.45) is 5.34. The molecule has 0 aromatic carbocycles. The highest BCUT2D eigenvalue weighted by molar-refractivity contribution is 5.84. The SMILES string of the molecule is CCCCC(=O)[C@H]1OC(C)(C)O[C@@H]1CCCC. The number of rotatable bonds is 7. The summed E-state index contributed by atoms with van der Waals surface area (Å²) in [5, 5.41) is 0. The fraction of sp³-hybridized carbons (Fsp3) is 0.929. The summed E-state index contributed by atoms with van der Waals surface area (Å²) in [6, 6.07) is 0. The van der Waals surface area contributed by atoms with Crippen molar-refractivity contribution < 1.29 is 14.3 Å². The third-order valence-corrected chi connectivity index (χ3v) is 3.12. The molecule has 0 unspecified atom stereocenters. The molecular weight excluding hydrogens is 216 g/mol. The molecule has 0 bridgehead atoms. The van der Waals surface area contributed by atoms with Gasteiger partial charge in [-0.25, -0.2) is 0 Å². The van der Waals surface area contributed by atoms with E-state index < -0.39 is 5.79 Å². The Balaban J connectivity index is 2.56. The number of ketones is 1. The summed E-state index contributed by atoms with van der Waals surface area (Å²) in [6.45, 7) is 8.02. The number of carbonyl (C=O) groups excluding carboxylic acids is 1. The minimum absolute atomic E-state index is 0.0469. The van der Waals surface area contributed by atoms with E-state index in [1.165, 1.54) is 0 Å². The molecule has 0 aromatic heterocycles. The molecule has 0 amide bonds. The van der Waals surface area contributed by atoms with E-state index in [-0.39, 0.29) is 18.0 Å². The van der Waals surface area contributed by atoms with E-state index in [1.54, 1.807) is 0 Å². The Labute approximate surface area is 105 Å². The first-order chi connectivity index (χ1) is 8.00. The van der Waals surface area contributed by atoms with Gasteiger partial charge in [-0.1, -0.05) is 33.1 Å². The number of unbranched alkanes of at least 4 members (excludes halogenated alkanes) is 2. The van der Waals surface area contributed by atoms with Crippen LogP contribution in [-0.2, 0) is 14.3 Å². The summed E-state index contributed by atoms with van der Waals surface area (Å²) in [7, 11) is 0. The van der Waals surface area contributed by atoms with Gasteiger partial charge in [0.25, 0.3) is 0 Å². The van der Waals surface area contributed by atoms with Crippen molar-refractivity contribution in [3.05, 3.63) is 0 Å². The summed E-state index contributed by atoms with van der Waals surface area (Å²) in [4.78, 5) is 12.1. The lowest BCUT2D eigenvalue weighted by Crippen LogP contribution is -2.31. The zero-order valence-corrected chi connectivity index (χ0v) is 11.6. The van der Waals surface area contributed by atoms with Crippen molar-refractivity contribution in [3.8, 4) is 0 Å². The highest BCUT2D eigenvalue weighted by Crippen LogP contribution is 2.32.